The van der Waals surface area contributed by atoms with Gasteiger partial charge in [-0.3, -0.25) is 14.4 Å². The minimum Gasteiger partial charge on any atom is -0.481 e. The van der Waals surface area contributed by atoms with E-state index in [1.165, 1.54) is 77.0 Å². The summed E-state index contributed by atoms with van der Waals surface area (Å²) in [6, 6.07) is 0. The highest BCUT2D eigenvalue weighted by Crippen LogP contribution is 2.43. The smallest absolute Gasteiger partial charge is 0.338 e. The van der Waals surface area contributed by atoms with Gasteiger partial charge in [-0.1, -0.05) is 149 Å². The number of carbonyl (C=O) groups is 4. The molecular weight excluding hydrogens is 536 g/mol. The Hall–Kier alpha value is -1.96. The quantitative estimate of drug-likeness (QED) is 0.0474. The van der Waals surface area contributed by atoms with E-state index in [9.17, 15) is 39.6 Å². The van der Waals surface area contributed by atoms with Gasteiger partial charge in [0.2, 0.25) is 0 Å². The summed E-state index contributed by atoms with van der Waals surface area (Å²) in [5.74, 6) is -5.53. The van der Waals surface area contributed by atoms with Gasteiger partial charge in [-0.15, -0.1) is 0 Å². The zero-order valence-corrected chi connectivity index (χ0v) is 27.0. The van der Waals surface area contributed by atoms with E-state index in [4.69, 9.17) is 0 Å². The number of aliphatic hydroxyl groups is 1. The van der Waals surface area contributed by atoms with Crippen molar-refractivity contribution < 1.29 is 39.6 Å². The van der Waals surface area contributed by atoms with Crippen LogP contribution in [0, 0.1) is 11.3 Å². The van der Waals surface area contributed by atoms with Crippen molar-refractivity contribution in [2.45, 2.75) is 180 Å². The lowest BCUT2D eigenvalue weighted by Gasteiger charge is -2.39. The van der Waals surface area contributed by atoms with Crippen LogP contribution in [0.2, 0.25) is 0 Å². The SMILES string of the molecule is CCCCCC(=O)C(CCCCCCCCCCCCCCCCCCCC(C)C)(C(=O)O)C(O)(CC(=O)O)C(=O)O. The van der Waals surface area contributed by atoms with Crippen molar-refractivity contribution in [3.05, 3.63) is 0 Å². The summed E-state index contributed by atoms with van der Waals surface area (Å²) in [4.78, 5) is 49.0. The average Bonchev–Trinajstić information content (AvgIpc) is 2.91. The summed E-state index contributed by atoms with van der Waals surface area (Å²) < 4.78 is 0. The summed E-state index contributed by atoms with van der Waals surface area (Å²) >= 11 is 0. The zero-order chi connectivity index (χ0) is 31.9. The molecule has 0 spiro atoms. The Bertz CT molecular complexity index is 765. The van der Waals surface area contributed by atoms with Crippen LogP contribution >= 0.6 is 0 Å². The van der Waals surface area contributed by atoms with Crippen LogP contribution in [0.4, 0.5) is 0 Å². The Kier molecular flexibility index (Phi) is 22.4. The van der Waals surface area contributed by atoms with Crippen molar-refractivity contribution in [1.29, 1.82) is 0 Å². The van der Waals surface area contributed by atoms with E-state index in [2.05, 4.69) is 13.8 Å². The van der Waals surface area contributed by atoms with Crippen LogP contribution in [-0.4, -0.2) is 49.7 Å². The molecule has 42 heavy (non-hydrogen) atoms. The molecule has 0 saturated heterocycles. The second-order valence-electron chi connectivity index (χ2n) is 12.8. The Morgan fingerprint density at radius 2 is 0.976 bits per heavy atom. The third-order valence-electron chi connectivity index (χ3n) is 8.65. The van der Waals surface area contributed by atoms with Crippen molar-refractivity contribution in [2.24, 2.45) is 11.3 Å². The van der Waals surface area contributed by atoms with Crippen molar-refractivity contribution in [1.82, 2.24) is 0 Å². The molecule has 2 atom stereocenters. The molecule has 0 aromatic heterocycles. The standard InChI is InChI=1S/C34H62O8/c1-4-5-21-25-29(35)33(31(38)39,34(42,32(40)41)27-30(36)37)26-23-20-18-16-14-12-10-8-6-7-9-11-13-15-17-19-22-24-28(2)3/h28,42H,4-27H2,1-3H3,(H,36,37)(H,38,39)(H,40,41). The monoisotopic (exact) mass is 598 g/mol. The van der Waals surface area contributed by atoms with Crippen molar-refractivity contribution in [3.8, 4) is 0 Å². The van der Waals surface area contributed by atoms with Gasteiger partial charge in [0, 0.05) is 6.42 Å². The molecule has 8 nitrogen and oxygen atoms in total. The van der Waals surface area contributed by atoms with Crippen LogP contribution in [-0.2, 0) is 19.2 Å². The maximum Gasteiger partial charge on any atom is 0.338 e. The molecule has 0 aromatic rings. The molecule has 0 aromatic carbocycles. The van der Waals surface area contributed by atoms with Gasteiger partial charge < -0.3 is 20.4 Å². The fourth-order valence-corrected chi connectivity index (χ4v) is 5.95. The van der Waals surface area contributed by atoms with E-state index in [0.29, 0.717) is 19.3 Å². The van der Waals surface area contributed by atoms with E-state index >= 15 is 0 Å². The van der Waals surface area contributed by atoms with Crippen molar-refractivity contribution in [3.63, 3.8) is 0 Å². The number of carbonyl (C=O) groups excluding carboxylic acids is 1. The van der Waals surface area contributed by atoms with Crippen LogP contribution in [0.3, 0.4) is 0 Å². The minimum absolute atomic E-state index is 0.214. The van der Waals surface area contributed by atoms with Gasteiger partial charge >= 0.3 is 17.9 Å². The third-order valence-corrected chi connectivity index (χ3v) is 8.65. The average molecular weight is 599 g/mol. The predicted molar refractivity (Wildman–Crippen MR) is 167 cm³/mol. The fraction of sp³-hybridized carbons (Fsp3) is 0.882. The van der Waals surface area contributed by atoms with Gasteiger partial charge in [0.25, 0.3) is 0 Å². The first kappa shape index (κ1) is 40.0. The summed E-state index contributed by atoms with van der Waals surface area (Å²) in [6.45, 7) is 6.49. The van der Waals surface area contributed by atoms with Gasteiger partial charge in [-0.2, -0.15) is 0 Å². The summed E-state index contributed by atoms with van der Waals surface area (Å²) in [5.41, 5.74) is -5.92. The lowest BCUT2D eigenvalue weighted by molar-refractivity contribution is -0.196. The fourth-order valence-electron chi connectivity index (χ4n) is 5.95. The van der Waals surface area contributed by atoms with Crippen LogP contribution < -0.4 is 0 Å². The molecule has 0 bridgehead atoms. The first-order valence-electron chi connectivity index (χ1n) is 16.9. The Morgan fingerprint density at radius 3 is 1.31 bits per heavy atom. The first-order chi connectivity index (χ1) is 20.0. The molecule has 0 aliphatic carbocycles. The number of aliphatic carboxylic acids is 3. The van der Waals surface area contributed by atoms with Gasteiger partial charge in [-0.25, -0.2) is 4.79 Å². The number of ketones is 1. The van der Waals surface area contributed by atoms with Crippen LogP contribution in [0.15, 0.2) is 0 Å². The Labute approximate surface area is 255 Å². The highest BCUT2D eigenvalue weighted by molar-refractivity contribution is 6.09. The van der Waals surface area contributed by atoms with Crippen molar-refractivity contribution >= 4 is 23.7 Å². The number of unbranched alkanes of at least 4 members (excludes halogenated alkanes) is 18. The highest BCUT2D eigenvalue weighted by atomic mass is 16.4. The van der Waals surface area contributed by atoms with E-state index in [-0.39, 0.29) is 12.8 Å². The zero-order valence-electron chi connectivity index (χ0n) is 27.0. The van der Waals surface area contributed by atoms with Gasteiger partial charge in [0.05, 0.1) is 6.42 Å². The topological polar surface area (TPSA) is 149 Å². The summed E-state index contributed by atoms with van der Waals surface area (Å²) in [5, 5.41) is 40.0. The van der Waals surface area contributed by atoms with Gasteiger partial charge in [-0.05, 0) is 18.8 Å². The van der Waals surface area contributed by atoms with E-state index < -0.39 is 47.5 Å². The molecule has 0 aliphatic heterocycles. The highest BCUT2D eigenvalue weighted by Gasteiger charge is 2.65. The maximum absolute atomic E-state index is 13.1. The maximum atomic E-state index is 13.1. The Balaban J connectivity index is 4.39. The normalized spacial score (nSPS) is 14.4. The molecule has 8 heteroatoms. The Morgan fingerprint density at radius 1 is 0.571 bits per heavy atom. The van der Waals surface area contributed by atoms with Crippen LogP contribution in [0.1, 0.15) is 175 Å². The number of Topliss-reactive ketones (excluding diaryl/α,β-unsaturated/α-hetero) is 1. The van der Waals surface area contributed by atoms with E-state index in [1.54, 1.807) is 0 Å². The molecule has 0 amide bonds. The summed E-state index contributed by atoms with van der Waals surface area (Å²) in [7, 11) is 0. The minimum atomic E-state index is -3.22. The second kappa shape index (κ2) is 23.5. The molecule has 4 N–H and O–H groups in total. The second-order valence-corrected chi connectivity index (χ2v) is 12.8. The molecule has 0 heterocycles. The molecule has 0 fully saturated rings. The third kappa shape index (κ3) is 15.5. The largest absolute Gasteiger partial charge is 0.481 e. The molecule has 0 saturated carbocycles. The lowest BCUT2D eigenvalue weighted by Crippen LogP contribution is -2.63. The predicted octanol–water partition coefficient (Wildman–Crippen LogP) is 8.57. The summed E-state index contributed by atoms with van der Waals surface area (Å²) in [6.07, 6.45) is 20.5. The number of hydrogen-bond acceptors (Lipinski definition) is 5. The molecule has 246 valence electrons. The molecule has 0 rings (SSSR count). The van der Waals surface area contributed by atoms with Gasteiger partial charge in [0.1, 0.15) is 0 Å². The van der Waals surface area contributed by atoms with Gasteiger partial charge in [0.15, 0.2) is 16.8 Å². The molecule has 0 radical (unpaired) electrons. The molecule has 2 unspecified atom stereocenters. The van der Waals surface area contributed by atoms with E-state index in [1.807, 2.05) is 6.92 Å². The number of rotatable bonds is 30. The molecular formula is C34H62O8. The molecule has 0 aliphatic rings. The van der Waals surface area contributed by atoms with Crippen LogP contribution in [0.5, 0.6) is 0 Å². The lowest BCUT2D eigenvalue weighted by atomic mass is 9.63. The number of carboxylic acid groups (broad SMARTS) is 3. The van der Waals surface area contributed by atoms with Crippen molar-refractivity contribution in [2.75, 3.05) is 0 Å². The van der Waals surface area contributed by atoms with E-state index in [0.717, 1.165) is 38.0 Å². The number of carboxylic acids is 3. The first-order valence-corrected chi connectivity index (χ1v) is 16.9. The van der Waals surface area contributed by atoms with Crippen LogP contribution in [0.25, 0.3) is 0 Å². The number of hydrogen-bond donors (Lipinski definition) is 4.